The first-order chi connectivity index (χ1) is 9.10. The fourth-order valence-electron chi connectivity index (χ4n) is 1.86. The highest BCUT2D eigenvalue weighted by Crippen LogP contribution is 2.19. The maximum atomic E-state index is 11.8. The van der Waals surface area contributed by atoms with E-state index in [-0.39, 0.29) is 19.4 Å². The Morgan fingerprint density at radius 2 is 2.11 bits per heavy atom. The van der Waals surface area contributed by atoms with E-state index in [9.17, 15) is 14.4 Å². The fraction of sp³-hybridized carbons (Fsp3) is 0.357. The van der Waals surface area contributed by atoms with Crippen LogP contribution in [-0.4, -0.2) is 29.9 Å². The van der Waals surface area contributed by atoms with Crippen LogP contribution in [0.5, 0.6) is 0 Å². The Kier molecular flexibility index (Phi) is 5.73. The largest absolute Gasteiger partial charge is 0.481 e. The quantitative estimate of drug-likeness (QED) is 0.598. The van der Waals surface area contributed by atoms with Crippen LogP contribution in [0.4, 0.5) is 0 Å². The number of aliphatic carboxylic acids is 1. The molecule has 5 heteroatoms. The molecule has 1 aromatic rings. The first-order valence-corrected chi connectivity index (χ1v) is 6.03. The van der Waals surface area contributed by atoms with Crippen LogP contribution in [0.3, 0.4) is 0 Å². The lowest BCUT2D eigenvalue weighted by Gasteiger charge is -2.12. The normalized spacial score (nSPS) is 9.95. The first-order valence-electron chi connectivity index (χ1n) is 6.03. The van der Waals surface area contributed by atoms with Gasteiger partial charge >= 0.3 is 11.9 Å². The van der Waals surface area contributed by atoms with Crippen LogP contribution in [0.15, 0.2) is 18.2 Å². The molecule has 0 heterocycles. The smallest absolute Gasteiger partial charge is 0.338 e. The lowest BCUT2D eigenvalue weighted by atomic mass is 9.95. The van der Waals surface area contributed by atoms with Gasteiger partial charge in [-0.2, -0.15) is 0 Å². The molecule has 102 valence electrons. The van der Waals surface area contributed by atoms with Crippen molar-refractivity contribution >= 4 is 18.2 Å². The van der Waals surface area contributed by atoms with Crippen LogP contribution < -0.4 is 0 Å². The van der Waals surface area contributed by atoms with Crippen LogP contribution in [0, 0.1) is 0 Å². The van der Waals surface area contributed by atoms with Gasteiger partial charge in [0, 0.05) is 6.42 Å². The number of benzene rings is 1. The highest BCUT2D eigenvalue weighted by molar-refractivity contribution is 5.92. The summed E-state index contributed by atoms with van der Waals surface area (Å²) in [5.41, 5.74) is 1.46. The molecule has 19 heavy (non-hydrogen) atoms. The van der Waals surface area contributed by atoms with E-state index in [1.54, 1.807) is 25.1 Å². The predicted octanol–water partition coefficient (Wildman–Crippen LogP) is 1.62. The van der Waals surface area contributed by atoms with Crippen LogP contribution in [-0.2, 0) is 27.2 Å². The van der Waals surface area contributed by atoms with Crippen LogP contribution >= 0.6 is 0 Å². The van der Waals surface area contributed by atoms with E-state index in [1.807, 2.05) is 0 Å². The first kappa shape index (κ1) is 14.9. The molecule has 1 aromatic carbocycles. The summed E-state index contributed by atoms with van der Waals surface area (Å²) in [7, 11) is 0. The Labute approximate surface area is 111 Å². The summed E-state index contributed by atoms with van der Waals surface area (Å²) in [6, 6.07) is 4.86. The number of carbonyl (C=O) groups is 3. The molecule has 0 unspecified atom stereocenters. The second-order valence-electron chi connectivity index (χ2n) is 3.94. The number of hydrogen-bond acceptors (Lipinski definition) is 4. The average Bonchev–Trinajstić information content (AvgIpc) is 2.36. The third-order valence-electron chi connectivity index (χ3n) is 2.62. The third kappa shape index (κ3) is 4.21. The van der Waals surface area contributed by atoms with E-state index in [0.717, 1.165) is 6.29 Å². The van der Waals surface area contributed by atoms with Gasteiger partial charge in [-0.25, -0.2) is 4.79 Å². The number of aldehydes is 1. The van der Waals surface area contributed by atoms with Gasteiger partial charge in [-0.05, 0) is 30.5 Å². The van der Waals surface area contributed by atoms with E-state index in [4.69, 9.17) is 9.84 Å². The number of hydrogen-bond donors (Lipinski definition) is 1. The zero-order valence-electron chi connectivity index (χ0n) is 10.7. The van der Waals surface area contributed by atoms with Gasteiger partial charge in [0.2, 0.25) is 0 Å². The standard InChI is InChI=1S/C14H16O5/c1-2-19-14(18)12-6-3-5-10(9-13(16)17)11(12)7-4-8-15/h3,5-6,8H,2,4,7,9H2,1H3,(H,16,17). The minimum Gasteiger partial charge on any atom is -0.481 e. The van der Waals surface area contributed by atoms with Gasteiger partial charge in [0.15, 0.2) is 0 Å². The lowest BCUT2D eigenvalue weighted by Crippen LogP contribution is -2.12. The Morgan fingerprint density at radius 3 is 2.68 bits per heavy atom. The lowest BCUT2D eigenvalue weighted by molar-refractivity contribution is -0.136. The van der Waals surface area contributed by atoms with Crippen LogP contribution in [0.1, 0.15) is 34.8 Å². The molecule has 5 nitrogen and oxygen atoms in total. The Balaban J connectivity index is 3.16. The number of rotatable bonds is 7. The molecule has 0 saturated carbocycles. The fourth-order valence-corrected chi connectivity index (χ4v) is 1.86. The molecule has 0 amide bonds. The Bertz CT molecular complexity index is 479. The van der Waals surface area contributed by atoms with Crippen molar-refractivity contribution in [1.29, 1.82) is 0 Å². The Hall–Kier alpha value is -2.17. The summed E-state index contributed by atoms with van der Waals surface area (Å²) < 4.78 is 4.93. The zero-order valence-corrected chi connectivity index (χ0v) is 10.7. The summed E-state index contributed by atoms with van der Waals surface area (Å²) in [5, 5.41) is 8.86. The summed E-state index contributed by atoms with van der Waals surface area (Å²) in [6.45, 7) is 1.94. The molecular weight excluding hydrogens is 248 g/mol. The Morgan fingerprint density at radius 1 is 1.37 bits per heavy atom. The van der Waals surface area contributed by atoms with Crippen LogP contribution in [0.25, 0.3) is 0 Å². The summed E-state index contributed by atoms with van der Waals surface area (Å²) in [4.78, 5) is 33.1. The molecule has 1 rings (SSSR count). The molecule has 0 aliphatic rings. The molecule has 0 bridgehead atoms. The predicted molar refractivity (Wildman–Crippen MR) is 68.1 cm³/mol. The number of esters is 1. The van der Waals surface area contributed by atoms with Gasteiger partial charge in [0.1, 0.15) is 6.29 Å². The maximum Gasteiger partial charge on any atom is 0.338 e. The van der Waals surface area contributed by atoms with E-state index in [2.05, 4.69) is 0 Å². The van der Waals surface area contributed by atoms with E-state index in [1.165, 1.54) is 0 Å². The van der Waals surface area contributed by atoms with Crippen molar-refractivity contribution in [2.24, 2.45) is 0 Å². The summed E-state index contributed by atoms with van der Waals surface area (Å²) in [6.07, 6.45) is 1.14. The number of carboxylic acids is 1. The van der Waals surface area contributed by atoms with Gasteiger partial charge in [-0.1, -0.05) is 12.1 Å². The summed E-state index contributed by atoms with van der Waals surface area (Å²) in [5.74, 6) is -1.47. The summed E-state index contributed by atoms with van der Waals surface area (Å²) >= 11 is 0. The van der Waals surface area contributed by atoms with Crippen molar-refractivity contribution in [1.82, 2.24) is 0 Å². The van der Waals surface area contributed by atoms with Crippen LogP contribution in [0.2, 0.25) is 0 Å². The van der Waals surface area contributed by atoms with E-state index >= 15 is 0 Å². The van der Waals surface area contributed by atoms with Crippen molar-refractivity contribution in [2.75, 3.05) is 6.61 Å². The van der Waals surface area contributed by atoms with Crippen molar-refractivity contribution in [2.45, 2.75) is 26.2 Å². The topological polar surface area (TPSA) is 80.7 Å². The molecule has 0 saturated heterocycles. The van der Waals surface area contributed by atoms with Gasteiger partial charge in [0.05, 0.1) is 18.6 Å². The molecule has 0 aromatic heterocycles. The van der Waals surface area contributed by atoms with Gasteiger partial charge in [-0.3, -0.25) is 4.79 Å². The molecule has 1 N–H and O–H groups in total. The highest BCUT2D eigenvalue weighted by atomic mass is 16.5. The van der Waals surface area contributed by atoms with E-state index < -0.39 is 11.9 Å². The van der Waals surface area contributed by atoms with Crippen molar-refractivity contribution in [3.63, 3.8) is 0 Å². The molecule has 0 aliphatic carbocycles. The molecule has 0 spiro atoms. The maximum absolute atomic E-state index is 11.8. The molecule has 0 aliphatic heterocycles. The average molecular weight is 264 g/mol. The van der Waals surface area contributed by atoms with E-state index in [0.29, 0.717) is 23.1 Å². The van der Waals surface area contributed by atoms with Gasteiger partial charge in [0.25, 0.3) is 0 Å². The monoisotopic (exact) mass is 264 g/mol. The molecule has 0 fully saturated rings. The zero-order chi connectivity index (χ0) is 14.3. The minimum absolute atomic E-state index is 0.179. The number of ether oxygens (including phenoxy) is 1. The van der Waals surface area contributed by atoms with Crippen molar-refractivity contribution in [3.8, 4) is 0 Å². The SMILES string of the molecule is CCOC(=O)c1cccc(CC(=O)O)c1CCC=O. The minimum atomic E-state index is -0.978. The van der Waals surface area contributed by atoms with Crippen molar-refractivity contribution in [3.05, 3.63) is 34.9 Å². The van der Waals surface area contributed by atoms with Crippen molar-refractivity contribution < 1.29 is 24.2 Å². The van der Waals surface area contributed by atoms with Gasteiger partial charge in [-0.15, -0.1) is 0 Å². The third-order valence-corrected chi connectivity index (χ3v) is 2.62. The number of carbonyl (C=O) groups excluding carboxylic acids is 2. The highest BCUT2D eigenvalue weighted by Gasteiger charge is 2.16. The number of carboxylic acid groups (broad SMARTS) is 1. The molecule has 0 radical (unpaired) electrons. The second-order valence-corrected chi connectivity index (χ2v) is 3.94. The molecular formula is C14H16O5. The molecule has 0 atom stereocenters. The van der Waals surface area contributed by atoms with Gasteiger partial charge < -0.3 is 14.6 Å². The second kappa shape index (κ2) is 7.31.